The fraction of sp³-hybridized carbons (Fsp3) is 0.667. The van der Waals surface area contributed by atoms with E-state index in [2.05, 4.69) is 20.5 Å². The molecule has 1 aliphatic rings. The molecule has 2 N–H and O–H groups in total. The van der Waals surface area contributed by atoms with Crippen LogP contribution in [0.4, 0.5) is 0 Å². The van der Waals surface area contributed by atoms with Crippen molar-refractivity contribution in [3.8, 4) is 0 Å². The van der Waals surface area contributed by atoms with Crippen molar-refractivity contribution < 1.29 is 14.7 Å². The Bertz CT molecular complexity index is 493. The molecule has 20 heavy (non-hydrogen) atoms. The van der Waals surface area contributed by atoms with E-state index >= 15 is 0 Å². The summed E-state index contributed by atoms with van der Waals surface area (Å²) in [6.07, 6.45) is 1.92. The molecule has 0 spiro atoms. The van der Waals surface area contributed by atoms with Crippen LogP contribution in [0.15, 0.2) is 6.20 Å². The van der Waals surface area contributed by atoms with Gasteiger partial charge in [0, 0.05) is 32.1 Å². The Balaban J connectivity index is 1.71. The maximum Gasteiger partial charge on any atom is 0.358 e. The summed E-state index contributed by atoms with van der Waals surface area (Å²) in [6, 6.07) is 0.306. The number of carboxylic acids is 1. The van der Waals surface area contributed by atoms with Gasteiger partial charge < -0.3 is 10.4 Å². The molecule has 8 nitrogen and oxygen atoms in total. The van der Waals surface area contributed by atoms with Crippen molar-refractivity contribution >= 4 is 11.9 Å². The minimum Gasteiger partial charge on any atom is -0.476 e. The molecule has 1 saturated heterocycles. The van der Waals surface area contributed by atoms with Crippen LogP contribution in [0.2, 0.25) is 0 Å². The third-order valence-corrected chi connectivity index (χ3v) is 3.15. The molecule has 0 aliphatic carbocycles. The Kier molecular flexibility index (Phi) is 4.33. The van der Waals surface area contributed by atoms with Crippen molar-refractivity contribution in [2.75, 3.05) is 19.6 Å². The molecule has 8 heteroatoms. The fourth-order valence-corrected chi connectivity index (χ4v) is 2.10. The number of hydrogen-bond acceptors (Lipinski definition) is 5. The molecule has 1 aliphatic heterocycles. The van der Waals surface area contributed by atoms with E-state index in [4.69, 9.17) is 5.11 Å². The molecule has 1 fully saturated rings. The van der Waals surface area contributed by atoms with E-state index in [0.717, 1.165) is 13.1 Å². The first-order valence-corrected chi connectivity index (χ1v) is 6.62. The van der Waals surface area contributed by atoms with Gasteiger partial charge in [-0.3, -0.25) is 9.69 Å². The van der Waals surface area contributed by atoms with Crippen LogP contribution in [0, 0.1) is 0 Å². The first-order valence-electron chi connectivity index (χ1n) is 6.62. The van der Waals surface area contributed by atoms with E-state index in [1.807, 2.05) is 13.8 Å². The number of aromatic nitrogens is 3. The van der Waals surface area contributed by atoms with Gasteiger partial charge in [-0.05, 0) is 13.8 Å². The van der Waals surface area contributed by atoms with Crippen LogP contribution in [-0.2, 0) is 4.79 Å². The van der Waals surface area contributed by atoms with Crippen LogP contribution in [0.5, 0.6) is 0 Å². The van der Waals surface area contributed by atoms with E-state index in [0.29, 0.717) is 13.0 Å². The van der Waals surface area contributed by atoms with Crippen molar-refractivity contribution in [1.82, 2.24) is 25.2 Å². The summed E-state index contributed by atoms with van der Waals surface area (Å²) in [5, 5.41) is 19.0. The normalized spacial score (nSPS) is 16.1. The van der Waals surface area contributed by atoms with Crippen LogP contribution in [0.25, 0.3) is 0 Å². The van der Waals surface area contributed by atoms with Crippen molar-refractivity contribution in [3.63, 3.8) is 0 Å². The van der Waals surface area contributed by atoms with Gasteiger partial charge in [-0.2, -0.15) is 0 Å². The second-order valence-corrected chi connectivity index (χ2v) is 5.27. The zero-order valence-electron chi connectivity index (χ0n) is 11.6. The number of carbonyl (C=O) groups excluding carboxylic acids is 1. The van der Waals surface area contributed by atoms with Crippen molar-refractivity contribution in [1.29, 1.82) is 0 Å². The molecule has 1 amide bonds. The second-order valence-electron chi connectivity index (χ2n) is 5.27. The number of aromatic carboxylic acids is 1. The van der Waals surface area contributed by atoms with Gasteiger partial charge in [-0.1, -0.05) is 5.21 Å². The van der Waals surface area contributed by atoms with Gasteiger partial charge in [0.25, 0.3) is 0 Å². The summed E-state index contributed by atoms with van der Waals surface area (Å²) in [4.78, 5) is 24.3. The zero-order chi connectivity index (χ0) is 14.7. The minimum absolute atomic E-state index is 0.0419. The van der Waals surface area contributed by atoms with Crippen molar-refractivity contribution in [3.05, 3.63) is 11.9 Å². The van der Waals surface area contributed by atoms with Crippen molar-refractivity contribution in [2.24, 2.45) is 0 Å². The number of hydrogen-bond donors (Lipinski definition) is 2. The Morgan fingerprint density at radius 3 is 2.75 bits per heavy atom. The maximum atomic E-state index is 11.5. The molecule has 1 aromatic rings. The lowest BCUT2D eigenvalue weighted by Crippen LogP contribution is -2.49. The number of nitrogens with zero attached hydrogens (tertiary/aromatic N) is 4. The highest BCUT2D eigenvalue weighted by molar-refractivity contribution is 5.84. The quantitative estimate of drug-likeness (QED) is 0.745. The highest BCUT2D eigenvalue weighted by atomic mass is 16.4. The SMILES string of the molecule is CC(C)NC(=O)CCN1CC(n2cc(C(=O)O)nn2)C1. The van der Waals surface area contributed by atoms with Crippen LogP contribution in [0.3, 0.4) is 0 Å². The highest BCUT2D eigenvalue weighted by Crippen LogP contribution is 2.20. The van der Waals surface area contributed by atoms with Gasteiger partial charge in [0.05, 0.1) is 12.2 Å². The van der Waals surface area contributed by atoms with Gasteiger partial charge in [0.15, 0.2) is 5.69 Å². The number of rotatable bonds is 6. The molecule has 2 rings (SSSR count). The summed E-state index contributed by atoms with van der Waals surface area (Å²) in [7, 11) is 0. The number of carbonyl (C=O) groups is 2. The highest BCUT2D eigenvalue weighted by Gasteiger charge is 2.29. The van der Waals surface area contributed by atoms with E-state index < -0.39 is 5.97 Å². The lowest BCUT2D eigenvalue weighted by Gasteiger charge is -2.38. The summed E-state index contributed by atoms with van der Waals surface area (Å²) < 4.78 is 1.58. The molecule has 0 bridgehead atoms. The monoisotopic (exact) mass is 281 g/mol. The lowest BCUT2D eigenvalue weighted by atomic mass is 10.1. The average Bonchev–Trinajstić information content (AvgIpc) is 2.75. The fourth-order valence-electron chi connectivity index (χ4n) is 2.10. The zero-order valence-corrected chi connectivity index (χ0v) is 11.6. The van der Waals surface area contributed by atoms with Crippen LogP contribution >= 0.6 is 0 Å². The third kappa shape index (κ3) is 3.53. The summed E-state index contributed by atoms with van der Waals surface area (Å²) in [5.41, 5.74) is -0.0419. The first kappa shape index (κ1) is 14.4. The maximum absolute atomic E-state index is 11.5. The topological polar surface area (TPSA) is 100 Å². The predicted molar refractivity (Wildman–Crippen MR) is 70.4 cm³/mol. The number of amides is 1. The van der Waals surface area contributed by atoms with E-state index in [1.54, 1.807) is 4.68 Å². The lowest BCUT2D eigenvalue weighted by molar-refractivity contribution is -0.122. The molecular weight excluding hydrogens is 262 g/mol. The van der Waals surface area contributed by atoms with Crippen molar-refractivity contribution in [2.45, 2.75) is 32.4 Å². The van der Waals surface area contributed by atoms with Gasteiger partial charge in [-0.25, -0.2) is 9.48 Å². The Morgan fingerprint density at radius 1 is 1.50 bits per heavy atom. The molecule has 0 unspecified atom stereocenters. The standard InChI is InChI=1S/C12H19N5O3/c1-8(2)13-11(18)3-4-16-5-9(6-16)17-7-10(12(19)20)14-15-17/h7-9H,3-6H2,1-2H3,(H,13,18)(H,19,20). The second kappa shape index (κ2) is 6.00. The Labute approximate surface area is 116 Å². The van der Waals surface area contributed by atoms with Crippen LogP contribution < -0.4 is 5.32 Å². The first-order chi connectivity index (χ1) is 9.45. The molecule has 2 heterocycles. The van der Waals surface area contributed by atoms with E-state index in [1.165, 1.54) is 6.20 Å². The Morgan fingerprint density at radius 2 is 2.20 bits per heavy atom. The van der Waals surface area contributed by atoms with Gasteiger partial charge >= 0.3 is 5.97 Å². The number of carboxylic acid groups (broad SMARTS) is 1. The number of nitrogens with one attached hydrogen (secondary N) is 1. The van der Waals surface area contributed by atoms with Gasteiger partial charge in [0.2, 0.25) is 5.91 Å². The number of likely N-dealkylation sites (tertiary alicyclic amines) is 1. The van der Waals surface area contributed by atoms with Crippen LogP contribution in [0.1, 0.15) is 36.8 Å². The molecule has 0 atom stereocenters. The predicted octanol–water partition coefficient (Wildman–Crippen LogP) is -0.252. The molecule has 0 radical (unpaired) electrons. The molecule has 1 aromatic heterocycles. The van der Waals surface area contributed by atoms with Gasteiger partial charge in [0.1, 0.15) is 0 Å². The van der Waals surface area contributed by atoms with E-state index in [9.17, 15) is 9.59 Å². The van der Waals surface area contributed by atoms with Crippen LogP contribution in [-0.4, -0.2) is 62.6 Å². The minimum atomic E-state index is -1.07. The smallest absolute Gasteiger partial charge is 0.358 e. The van der Waals surface area contributed by atoms with E-state index in [-0.39, 0.29) is 23.7 Å². The Hall–Kier alpha value is -1.96. The third-order valence-electron chi connectivity index (χ3n) is 3.15. The van der Waals surface area contributed by atoms with Gasteiger partial charge in [-0.15, -0.1) is 5.10 Å². The molecule has 110 valence electrons. The average molecular weight is 281 g/mol. The molecular formula is C12H19N5O3. The molecule has 0 aromatic carbocycles. The summed E-state index contributed by atoms with van der Waals surface area (Å²) >= 11 is 0. The largest absolute Gasteiger partial charge is 0.476 e. The summed E-state index contributed by atoms with van der Waals surface area (Å²) in [5.74, 6) is -1.02. The summed E-state index contributed by atoms with van der Waals surface area (Å²) in [6.45, 7) is 6.09. The molecule has 0 saturated carbocycles.